The van der Waals surface area contributed by atoms with E-state index in [1.54, 1.807) is 0 Å². The number of hydrogen-bond donors (Lipinski definition) is 1. The molecule has 104 valence electrons. The average Bonchev–Trinajstić information content (AvgIpc) is 2.35. The highest BCUT2D eigenvalue weighted by atomic mass is 16.5. The Morgan fingerprint density at radius 3 is 2.61 bits per heavy atom. The second-order valence-electron chi connectivity index (χ2n) is 6.02. The molecule has 0 radical (unpaired) electrons. The molecule has 1 aliphatic heterocycles. The molecule has 0 aromatic heterocycles. The van der Waals surface area contributed by atoms with Crippen LogP contribution in [0.15, 0.2) is 0 Å². The second-order valence-corrected chi connectivity index (χ2v) is 6.02. The predicted molar refractivity (Wildman–Crippen MR) is 71.1 cm³/mol. The summed E-state index contributed by atoms with van der Waals surface area (Å²) in [5.41, 5.74) is 5.90. The molecule has 1 aliphatic carbocycles. The molecule has 0 aromatic rings. The van der Waals surface area contributed by atoms with Crippen molar-refractivity contribution in [1.82, 2.24) is 4.90 Å². The van der Waals surface area contributed by atoms with Crippen molar-refractivity contribution in [3.05, 3.63) is 0 Å². The molecule has 1 heterocycles. The van der Waals surface area contributed by atoms with E-state index < -0.39 is 0 Å². The lowest BCUT2D eigenvalue weighted by Gasteiger charge is -2.38. The monoisotopic (exact) mass is 254 g/mol. The van der Waals surface area contributed by atoms with Crippen LogP contribution in [0.2, 0.25) is 0 Å². The average molecular weight is 254 g/mol. The van der Waals surface area contributed by atoms with E-state index in [1.807, 2.05) is 11.8 Å². The Bertz CT molecular complexity index is 288. The molecule has 2 unspecified atom stereocenters. The minimum atomic E-state index is 0.171. The third kappa shape index (κ3) is 3.45. The highest BCUT2D eigenvalue weighted by Gasteiger charge is 2.29. The Balaban J connectivity index is 1.83. The van der Waals surface area contributed by atoms with Gasteiger partial charge in [-0.15, -0.1) is 0 Å². The summed E-state index contributed by atoms with van der Waals surface area (Å²) in [5, 5.41) is 0. The van der Waals surface area contributed by atoms with E-state index in [4.69, 9.17) is 10.5 Å². The van der Waals surface area contributed by atoms with Crippen molar-refractivity contribution in [3.63, 3.8) is 0 Å². The third-order valence-corrected chi connectivity index (χ3v) is 4.28. The first-order valence-electron chi connectivity index (χ1n) is 7.23. The highest BCUT2D eigenvalue weighted by Crippen LogP contribution is 2.27. The van der Waals surface area contributed by atoms with Crippen LogP contribution in [0.25, 0.3) is 0 Å². The van der Waals surface area contributed by atoms with Gasteiger partial charge in [0.25, 0.3) is 0 Å². The number of carbonyl (C=O) groups excluding carboxylic acids is 1. The van der Waals surface area contributed by atoms with Gasteiger partial charge in [0.05, 0.1) is 18.8 Å². The Labute approximate surface area is 110 Å². The highest BCUT2D eigenvalue weighted by molar-refractivity contribution is 5.77. The molecule has 1 saturated heterocycles. The lowest BCUT2D eigenvalue weighted by Crippen LogP contribution is -2.50. The van der Waals surface area contributed by atoms with E-state index in [1.165, 1.54) is 0 Å². The maximum Gasteiger partial charge on any atom is 0.223 e. The lowest BCUT2D eigenvalue weighted by atomic mass is 9.84. The van der Waals surface area contributed by atoms with Crippen LogP contribution >= 0.6 is 0 Å². The Kier molecular flexibility index (Phi) is 4.62. The summed E-state index contributed by atoms with van der Waals surface area (Å²) in [6, 6.07) is 0.582. The number of morpholine rings is 1. The van der Waals surface area contributed by atoms with Crippen molar-refractivity contribution in [3.8, 4) is 0 Å². The summed E-state index contributed by atoms with van der Waals surface area (Å²) in [6.07, 6.45) is 5.25. The van der Waals surface area contributed by atoms with E-state index in [0.717, 1.165) is 32.2 Å². The van der Waals surface area contributed by atoms with Crippen molar-refractivity contribution in [1.29, 1.82) is 0 Å². The van der Waals surface area contributed by atoms with Crippen molar-refractivity contribution in [2.75, 3.05) is 13.2 Å². The molecule has 18 heavy (non-hydrogen) atoms. The molecular formula is C14H26N2O2. The Hall–Kier alpha value is -0.610. The maximum absolute atomic E-state index is 12.3. The standard InChI is InChI=1S/C14H26N2O2/c1-10-9-18-11(2)8-16(10)14(17)7-12-3-5-13(15)6-4-12/h10-13H,3-9,15H2,1-2H3. The summed E-state index contributed by atoms with van der Waals surface area (Å²) < 4.78 is 5.56. The van der Waals surface area contributed by atoms with Crippen LogP contribution in [0, 0.1) is 5.92 Å². The third-order valence-electron chi connectivity index (χ3n) is 4.28. The SMILES string of the molecule is CC1CN(C(=O)CC2CCC(N)CC2)C(C)CO1. The Morgan fingerprint density at radius 1 is 1.28 bits per heavy atom. The molecule has 4 nitrogen and oxygen atoms in total. The van der Waals surface area contributed by atoms with Gasteiger partial charge in [-0.05, 0) is 45.4 Å². The fraction of sp³-hybridized carbons (Fsp3) is 0.929. The van der Waals surface area contributed by atoms with Crippen LogP contribution in [-0.4, -0.2) is 42.1 Å². The maximum atomic E-state index is 12.3. The number of nitrogens with zero attached hydrogens (tertiary/aromatic N) is 1. The van der Waals surface area contributed by atoms with Gasteiger partial charge in [0.2, 0.25) is 5.91 Å². The van der Waals surface area contributed by atoms with E-state index in [0.29, 0.717) is 30.9 Å². The molecule has 0 bridgehead atoms. The summed E-state index contributed by atoms with van der Waals surface area (Å²) in [6.45, 7) is 5.51. The quantitative estimate of drug-likeness (QED) is 0.813. The topological polar surface area (TPSA) is 55.6 Å². The first-order chi connectivity index (χ1) is 8.56. The summed E-state index contributed by atoms with van der Waals surface area (Å²) in [4.78, 5) is 14.3. The number of nitrogens with two attached hydrogens (primary N) is 1. The Morgan fingerprint density at radius 2 is 1.94 bits per heavy atom. The number of amides is 1. The van der Waals surface area contributed by atoms with Crippen LogP contribution in [-0.2, 0) is 9.53 Å². The van der Waals surface area contributed by atoms with Gasteiger partial charge in [-0.25, -0.2) is 0 Å². The van der Waals surface area contributed by atoms with E-state index in [9.17, 15) is 4.79 Å². The van der Waals surface area contributed by atoms with E-state index in [2.05, 4.69) is 6.92 Å². The van der Waals surface area contributed by atoms with Gasteiger partial charge < -0.3 is 15.4 Å². The zero-order chi connectivity index (χ0) is 13.1. The van der Waals surface area contributed by atoms with Crippen molar-refractivity contribution in [2.24, 2.45) is 11.7 Å². The molecule has 1 saturated carbocycles. The van der Waals surface area contributed by atoms with Crippen LogP contribution in [0.4, 0.5) is 0 Å². The summed E-state index contributed by atoms with van der Waals surface area (Å²) >= 11 is 0. The van der Waals surface area contributed by atoms with Gasteiger partial charge in [-0.1, -0.05) is 0 Å². The second kappa shape index (κ2) is 6.02. The lowest BCUT2D eigenvalue weighted by molar-refractivity contribution is -0.144. The molecule has 0 aromatic carbocycles. The zero-order valence-electron chi connectivity index (χ0n) is 11.6. The van der Waals surface area contributed by atoms with Gasteiger partial charge in [0, 0.05) is 19.0 Å². The number of hydrogen-bond acceptors (Lipinski definition) is 3. The number of rotatable bonds is 2. The molecule has 0 spiro atoms. The molecule has 1 amide bonds. The molecule has 2 rings (SSSR count). The molecular weight excluding hydrogens is 228 g/mol. The summed E-state index contributed by atoms with van der Waals surface area (Å²) in [7, 11) is 0. The minimum absolute atomic E-state index is 0.171. The zero-order valence-corrected chi connectivity index (χ0v) is 11.6. The first-order valence-corrected chi connectivity index (χ1v) is 7.23. The van der Waals surface area contributed by atoms with Crippen molar-refractivity contribution < 1.29 is 9.53 Å². The minimum Gasteiger partial charge on any atom is -0.375 e. The number of carbonyl (C=O) groups is 1. The molecule has 4 heteroatoms. The molecule has 2 atom stereocenters. The van der Waals surface area contributed by atoms with Crippen molar-refractivity contribution >= 4 is 5.91 Å². The van der Waals surface area contributed by atoms with Gasteiger partial charge in [0.15, 0.2) is 0 Å². The molecule has 2 fully saturated rings. The van der Waals surface area contributed by atoms with E-state index >= 15 is 0 Å². The fourth-order valence-corrected chi connectivity index (χ4v) is 3.01. The van der Waals surface area contributed by atoms with Gasteiger partial charge in [-0.3, -0.25) is 4.79 Å². The van der Waals surface area contributed by atoms with Gasteiger partial charge >= 0.3 is 0 Å². The predicted octanol–water partition coefficient (Wildman–Crippen LogP) is 1.53. The van der Waals surface area contributed by atoms with Gasteiger partial charge in [-0.2, -0.15) is 0 Å². The van der Waals surface area contributed by atoms with E-state index in [-0.39, 0.29) is 12.1 Å². The van der Waals surface area contributed by atoms with Crippen LogP contribution < -0.4 is 5.73 Å². The van der Waals surface area contributed by atoms with Gasteiger partial charge in [0.1, 0.15) is 0 Å². The van der Waals surface area contributed by atoms with Crippen molar-refractivity contribution in [2.45, 2.75) is 64.1 Å². The summed E-state index contributed by atoms with van der Waals surface area (Å²) in [5.74, 6) is 0.848. The smallest absolute Gasteiger partial charge is 0.223 e. The number of ether oxygens (including phenoxy) is 1. The normalized spacial score (nSPS) is 37.6. The van der Waals surface area contributed by atoms with Crippen LogP contribution in [0.5, 0.6) is 0 Å². The largest absolute Gasteiger partial charge is 0.375 e. The van der Waals surface area contributed by atoms with Crippen LogP contribution in [0.1, 0.15) is 46.0 Å². The fourth-order valence-electron chi connectivity index (χ4n) is 3.01. The molecule has 2 N–H and O–H groups in total. The van der Waals surface area contributed by atoms with Crippen LogP contribution in [0.3, 0.4) is 0 Å². The first kappa shape index (κ1) is 13.8. The molecule has 2 aliphatic rings.